The topological polar surface area (TPSA) is 115 Å². The molecule has 1 atom stereocenters. The van der Waals surface area contributed by atoms with E-state index in [9.17, 15) is 14.8 Å². The van der Waals surface area contributed by atoms with E-state index < -0.39 is 5.97 Å². The lowest BCUT2D eigenvalue weighted by Gasteiger charge is -2.33. The standard InChI is InChI=1S/C30H34N4O4/c1-20-5-3-4-6-26(20)27(18-28(33-38)24-11-14-31-21(2)17-24)22-7-9-25(10-8-22)34-15-12-23(13-16-34)30(37)32-19-29(35)36/h3-11,14,17,23,27,38H,12-13,15-16,18-19H2,1-2H3,(H,32,37)(H,35,36)/b33-28+/t27-/m1/s1. The van der Waals surface area contributed by atoms with Gasteiger partial charge in [0.1, 0.15) is 6.54 Å². The van der Waals surface area contributed by atoms with E-state index >= 15 is 0 Å². The van der Waals surface area contributed by atoms with Gasteiger partial charge in [0.25, 0.3) is 0 Å². The summed E-state index contributed by atoms with van der Waals surface area (Å²) < 4.78 is 0. The Labute approximate surface area is 223 Å². The van der Waals surface area contributed by atoms with Crippen molar-refractivity contribution in [1.29, 1.82) is 0 Å². The van der Waals surface area contributed by atoms with Gasteiger partial charge in [-0.3, -0.25) is 14.6 Å². The molecule has 8 nitrogen and oxygen atoms in total. The van der Waals surface area contributed by atoms with Gasteiger partial charge in [0.15, 0.2) is 0 Å². The smallest absolute Gasteiger partial charge is 0.322 e. The van der Waals surface area contributed by atoms with Crippen LogP contribution in [-0.4, -0.2) is 52.5 Å². The molecule has 1 amide bonds. The summed E-state index contributed by atoms with van der Waals surface area (Å²) in [4.78, 5) is 29.5. The lowest BCUT2D eigenvalue weighted by atomic mass is 9.83. The summed E-state index contributed by atoms with van der Waals surface area (Å²) in [5.41, 5.74) is 6.89. The van der Waals surface area contributed by atoms with Crippen LogP contribution < -0.4 is 10.2 Å². The molecular formula is C30H34N4O4. The number of carboxylic acid groups (broad SMARTS) is 1. The number of carbonyl (C=O) groups is 2. The van der Waals surface area contributed by atoms with E-state index in [1.54, 1.807) is 6.20 Å². The van der Waals surface area contributed by atoms with Crippen molar-refractivity contribution in [2.45, 2.75) is 39.0 Å². The van der Waals surface area contributed by atoms with Crippen LogP contribution in [0.5, 0.6) is 0 Å². The van der Waals surface area contributed by atoms with Crippen LogP contribution in [0.1, 0.15) is 53.1 Å². The Bertz CT molecular complexity index is 1300. The van der Waals surface area contributed by atoms with Crippen LogP contribution >= 0.6 is 0 Å². The summed E-state index contributed by atoms with van der Waals surface area (Å²) in [5.74, 6) is -1.39. The molecule has 0 saturated carbocycles. The number of nitrogens with one attached hydrogen (secondary N) is 1. The number of amides is 1. The fourth-order valence-electron chi connectivity index (χ4n) is 5.14. The second-order valence-corrected chi connectivity index (χ2v) is 9.81. The van der Waals surface area contributed by atoms with Crippen molar-refractivity contribution < 1.29 is 19.9 Å². The van der Waals surface area contributed by atoms with E-state index in [1.807, 2.05) is 31.2 Å². The van der Waals surface area contributed by atoms with Gasteiger partial charge in [0.05, 0.1) is 5.71 Å². The molecule has 4 rings (SSSR count). The number of aryl methyl sites for hydroxylation is 2. The van der Waals surface area contributed by atoms with E-state index in [4.69, 9.17) is 5.11 Å². The van der Waals surface area contributed by atoms with Crippen molar-refractivity contribution in [2.75, 3.05) is 24.5 Å². The van der Waals surface area contributed by atoms with Gasteiger partial charge >= 0.3 is 5.97 Å². The lowest BCUT2D eigenvalue weighted by Crippen LogP contribution is -2.41. The van der Waals surface area contributed by atoms with Crippen LogP contribution in [0, 0.1) is 19.8 Å². The number of piperidine rings is 1. The number of carboxylic acids is 1. The molecule has 8 heteroatoms. The molecule has 3 aromatic rings. The number of benzene rings is 2. The van der Waals surface area contributed by atoms with E-state index in [1.165, 1.54) is 11.1 Å². The fraction of sp³-hybridized carbons (Fsp3) is 0.333. The molecule has 0 spiro atoms. The largest absolute Gasteiger partial charge is 0.480 e. The quantitative estimate of drug-likeness (QED) is 0.220. The Hall–Kier alpha value is -4.20. The second kappa shape index (κ2) is 12.4. The Morgan fingerprint density at radius 3 is 2.42 bits per heavy atom. The van der Waals surface area contributed by atoms with Crippen LogP contribution in [0.25, 0.3) is 0 Å². The van der Waals surface area contributed by atoms with E-state index in [-0.39, 0.29) is 24.3 Å². The summed E-state index contributed by atoms with van der Waals surface area (Å²) in [6.45, 7) is 5.13. The van der Waals surface area contributed by atoms with Crippen molar-refractivity contribution in [1.82, 2.24) is 10.3 Å². The number of aromatic nitrogens is 1. The zero-order valence-corrected chi connectivity index (χ0v) is 21.8. The minimum atomic E-state index is -1.03. The highest BCUT2D eigenvalue weighted by Gasteiger charge is 2.26. The molecule has 1 aliphatic rings. The van der Waals surface area contributed by atoms with Gasteiger partial charge in [-0.15, -0.1) is 0 Å². The van der Waals surface area contributed by atoms with E-state index in [0.29, 0.717) is 25.0 Å². The van der Waals surface area contributed by atoms with Gasteiger partial charge < -0.3 is 20.5 Å². The summed E-state index contributed by atoms with van der Waals surface area (Å²) in [6.07, 6.45) is 3.62. The number of nitrogens with zero attached hydrogens (tertiary/aromatic N) is 3. The van der Waals surface area contributed by atoms with Crippen LogP contribution in [0.3, 0.4) is 0 Å². The molecule has 1 aromatic heterocycles. The SMILES string of the molecule is Cc1cc(/C(C[C@H](c2ccc(N3CCC(C(=O)NCC(=O)O)CC3)cc2)c2ccccc2C)=N/O)ccn1. The van der Waals surface area contributed by atoms with Gasteiger partial charge in [0, 0.05) is 54.5 Å². The van der Waals surface area contributed by atoms with Crippen molar-refractivity contribution in [2.24, 2.45) is 11.1 Å². The molecule has 1 saturated heterocycles. The number of anilines is 1. The lowest BCUT2D eigenvalue weighted by molar-refractivity contribution is -0.138. The molecule has 1 aliphatic heterocycles. The molecule has 0 radical (unpaired) electrons. The Balaban J connectivity index is 1.51. The average molecular weight is 515 g/mol. The molecule has 0 unspecified atom stereocenters. The van der Waals surface area contributed by atoms with Gasteiger partial charge in [-0.25, -0.2) is 0 Å². The first-order chi connectivity index (χ1) is 18.4. The number of hydrogen-bond donors (Lipinski definition) is 3. The summed E-state index contributed by atoms with van der Waals surface area (Å²) in [6, 6.07) is 20.6. The number of pyridine rings is 1. The first-order valence-corrected chi connectivity index (χ1v) is 12.9. The average Bonchev–Trinajstić information content (AvgIpc) is 2.93. The van der Waals surface area contributed by atoms with Crippen molar-refractivity contribution in [3.05, 3.63) is 94.8 Å². The third-order valence-corrected chi connectivity index (χ3v) is 7.25. The van der Waals surface area contributed by atoms with Crippen molar-refractivity contribution in [3.8, 4) is 0 Å². The zero-order chi connectivity index (χ0) is 27.1. The highest BCUT2D eigenvalue weighted by atomic mass is 16.4. The predicted molar refractivity (Wildman–Crippen MR) is 147 cm³/mol. The Morgan fingerprint density at radius 2 is 1.79 bits per heavy atom. The number of rotatable bonds is 9. The van der Waals surface area contributed by atoms with Crippen LogP contribution in [-0.2, 0) is 9.59 Å². The maximum absolute atomic E-state index is 12.2. The highest BCUT2D eigenvalue weighted by Crippen LogP contribution is 2.33. The molecule has 0 aliphatic carbocycles. The van der Waals surface area contributed by atoms with Gasteiger partial charge in [-0.05, 0) is 67.6 Å². The second-order valence-electron chi connectivity index (χ2n) is 9.81. The minimum absolute atomic E-state index is 0.00621. The summed E-state index contributed by atoms with van der Waals surface area (Å²) >= 11 is 0. The van der Waals surface area contributed by atoms with Crippen molar-refractivity contribution in [3.63, 3.8) is 0 Å². The van der Waals surface area contributed by atoms with Gasteiger partial charge in [-0.1, -0.05) is 41.6 Å². The minimum Gasteiger partial charge on any atom is -0.480 e. The van der Waals surface area contributed by atoms with Crippen LogP contribution in [0.15, 0.2) is 72.0 Å². The first kappa shape index (κ1) is 26.9. The monoisotopic (exact) mass is 514 g/mol. The maximum atomic E-state index is 12.2. The maximum Gasteiger partial charge on any atom is 0.322 e. The predicted octanol–water partition coefficient (Wildman–Crippen LogP) is 4.52. The van der Waals surface area contributed by atoms with Gasteiger partial charge in [-0.2, -0.15) is 0 Å². The van der Waals surface area contributed by atoms with Crippen LogP contribution in [0.4, 0.5) is 5.69 Å². The van der Waals surface area contributed by atoms with E-state index in [0.717, 1.165) is 35.6 Å². The Kier molecular flexibility index (Phi) is 8.73. The number of aliphatic carboxylic acids is 1. The van der Waals surface area contributed by atoms with E-state index in [2.05, 4.69) is 63.7 Å². The molecule has 38 heavy (non-hydrogen) atoms. The molecule has 2 heterocycles. The fourth-order valence-corrected chi connectivity index (χ4v) is 5.14. The highest BCUT2D eigenvalue weighted by molar-refractivity contribution is 6.01. The molecule has 198 valence electrons. The summed E-state index contributed by atoms with van der Waals surface area (Å²) in [5, 5.41) is 24.9. The number of hydrogen-bond acceptors (Lipinski definition) is 6. The molecule has 2 aromatic carbocycles. The summed E-state index contributed by atoms with van der Waals surface area (Å²) in [7, 11) is 0. The third kappa shape index (κ3) is 6.56. The molecule has 3 N–H and O–H groups in total. The van der Waals surface area contributed by atoms with Gasteiger partial charge in [0.2, 0.25) is 5.91 Å². The number of carbonyl (C=O) groups excluding carboxylic acids is 1. The van der Waals surface area contributed by atoms with Crippen molar-refractivity contribution >= 4 is 23.3 Å². The molecule has 1 fully saturated rings. The zero-order valence-electron chi connectivity index (χ0n) is 21.8. The molecular weight excluding hydrogens is 480 g/mol. The van der Waals surface area contributed by atoms with Crippen LogP contribution in [0.2, 0.25) is 0 Å². The number of oxime groups is 1. The normalized spacial score (nSPS) is 15.2. The molecule has 0 bridgehead atoms. The first-order valence-electron chi connectivity index (χ1n) is 12.9. The Morgan fingerprint density at radius 1 is 1.08 bits per heavy atom. The third-order valence-electron chi connectivity index (χ3n) is 7.25.